The van der Waals surface area contributed by atoms with Crippen molar-refractivity contribution in [1.29, 1.82) is 0 Å². The molecule has 1 aromatic heterocycles. The number of hydrogen-bond donors (Lipinski definition) is 1. The number of aromatic nitrogens is 3. The van der Waals surface area contributed by atoms with E-state index in [1.807, 2.05) is 42.1 Å². The number of rotatable bonds is 6. The van der Waals surface area contributed by atoms with Gasteiger partial charge in [0.1, 0.15) is 0 Å². The molecule has 20 heavy (non-hydrogen) atoms. The van der Waals surface area contributed by atoms with Crippen LogP contribution in [0.2, 0.25) is 0 Å². The lowest BCUT2D eigenvalue weighted by atomic mass is 9.97. The van der Waals surface area contributed by atoms with E-state index < -0.39 is 0 Å². The zero-order valence-corrected chi connectivity index (χ0v) is 12.4. The van der Waals surface area contributed by atoms with Gasteiger partial charge in [-0.05, 0) is 25.1 Å². The maximum Gasteiger partial charge on any atom is 0.0841 e. The fraction of sp³-hybridized carbons (Fsp3) is 0.467. The van der Waals surface area contributed by atoms with E-state index in [1.54, 1.807) is 13.3 Å². The molecular weight excluding hydrogens is 252 g/mol. The van der Waals surface area contributed by atoms with E-state index in [9.17, 15) is 0 Å². The summed E-state index contributed by atoms with van der Waals surface area (Å²) in [6.45, 7) is 4.30. The van der Waals surface area contributed by atoms with Crippen molar-refractivity contribution in [3.8, 4) is 5.69 Å². The van der Waals surface area contributed by atoms with Crippen LogP contribution in [0.5, 0.6) is 0 Å². The fourth-order valence-electron chi connectivity index (χ4n) is 2.50. The first kappa shape index (κ1) is 14.7. The van der Waals surface area contributed by atoms with Gasteiger partial charge in [-0.15, -0.1) is 5.10 Å². The molecule has 2 rings (SSSR count). The highest BCUT2D eigenvalue weighted by molar-refractivity contribution is 5.32. The molecule has 1 aromatic carbocycles. The second kappa shape index (κ2) is 6.63. The van der Waals surface area contributed by atoms with E-state index in [2.05, 4.69) is 29.5 Å². The Kier molecular flexibility index (Phi) is 4.87. The van der Waals surface area contributed by atoms with Crippen molar-refractivity contribution in [2.75, 3.05) is 14.2 Å². The first-order chi connectivity index (χ1) is 9.69. The highest BCUT2D eigenvalue weighted by Crippen LogP contribution is 2.25. The third kappa shape index (κ3) is 2.89. The number of nitrogens with one attached hydrogen (secondary N) is 1. The van der Waals surface area contributed by atoms with Gasteiger partial charge in [0.05, 0.1) is 29.7 Å². The van der Waals surface area contributed by atoms with Crippen molar-refractivity contribution in [1.82, 2.24) is 20.3 Å². The zero-order chi connectivity index (χ0) is 14.5. The summed E-state index contributed by atoms with van der Waals surface area (Å²) in [4.78, 5) is 0. The van der Waals surface area contributed by atoms with Gasteiger partial charge in [0.15, 0.2) is 0 Å². The summed E-state index contributed by atoms with van der Waals surface area (Å²) in [6.07, 6.45) is 1.85. The summed E-state index contributed by atoms with van der Waals surface area (Å²) >= 11 is 0. The molecule has 0 radical (unpaired) electrons. The van der Waals surface area contributed by atoms with Gasteiger partial charge in [-0.25, -0.2) is 4.68 Å². The second-order valence-electron chi connectivity index (χ2n) is 5.12. The molecular formula is C15H22N4O. The third-order valence-electron chi connectivity index (χ3n) is 3.46. The minimum atomic E-state index is 0.0372. The topological polar surface area (TPSA) is 52.0 Å². The zero-order valence-electron chi connectivity index (χ0n) is 12.4. The lowest BCUT2D eigenvalue weighted by Gasteiger charge is -2.28. The van der Waals surface area contributed by atoms with Crippen molar-refractivity contribution >= 4 is 0 Å². The molecule has 0 amide bonds. The van der Waals surface area contributed by atoms with Crippen LogP contribution in [0.4, 0.5) is 0 Å². The molecule has 1 heterocycles. The summed E-state index contributed by atoms with van der Waals surface area (Å²) in [5.41, 5.74) is 2.00. The summed E-state index contributed by atoms with van der Waals surface area (Å²) in [5.74, 6) is 0.386. The number of benzene rings is 1. The molecule has 0 aliphatic carbocycles. The smallest absolute Gasteiger partial charge is 0.0841 e. The number of methoxy groups -OCH3 is 1. The molecule has 0 aliphatic heterocycles. The molecule has 2 aromatic rings. The Bertz CT molecular complexity index is 524. The van der Waals surface area contributed by atoms with Crippen molar-refractivity contribution < 1.29 is 4.74 Å². The Morgan fingerprint density at radius 3 is 2.45 bits per heavy atom. The molecule has 1 N–H and O–H groups in total. The summed E-state index contributed by atoms with van der Waals surface area (Å²) < 4.78 is 7.50. The number of ether oxygens (including phenoxy) is 1. The lowest BCUT2D eigenvalue weighted by molar-refractivity contribution is 0.0330. The highest BCUT2D eigenvalue weighted by atomic mass is 16.5. The largest absolute Gasteiger partial charge is 0.379 e. The third-order valence-corrected chi connectivity index (χ3v) is 3.46. The molecule has 0 spiro atoms. The van der Waals surface area contributed by atoms with Crippen LogP contribution < -0.4 is 5.32 Å². The van der Waals surface area contributed by atoms with Gasteiger partial charge in [-0.1, -0.05) is 37.3 Å². The van der Waals surface area contributed by atoms with Crippen LogP contribution in [0.25, 0.3) is 5.69 Å². The predicted octanol–water partition coefficient (Wildman–Crippen LogP) is 2.20. The van der Waals surface area contributed by atoms with E-state index in [0.29, 0.717) is 5.92 Å². The first-order valence-electron chi connectivity index (χ1n) is 6.85. The minimum Gasteiger partial charge on any atom is -0.379 e. The Labute approximate surface area is 120 Å². The molecule has 0 bridgehead atoms. The predicted molar refractivity (Wildman–Crippen MR) is 78.8 cm³/mol. The average Bonchev–Trinajstić information content (AvgIpc) is 2.94. The minimum absolute atomic E-state index is 0.0372. The second-order valence-corrected chi connectivity index (χ2v) is 5.12. The Morgan fingerprint density at radius 2 is 1.90 bits per heavy atom. The molecule has 0 aliphatic rings. The quantitative estimate of drug-likeness (QED) is 0.877. The van der Waals surface area contributed by atoms with E-state index in [4.69, 9.17) is 4.74 Å². The first-order valence-corrected chi connectivity index (χ1v) is 6.85. The maximum absolute atomic E-state index is 5.65. The molecule has 2 atom stereocenters. The maximum atomic E-state index is 5.65. The van der Waals surface area contributed by atoms with Gasteiger partial charge in [0.25, 0.3) is 0 Å². The van der Waals surface area contributed by atoms with Crippen molar-refractivity contribution in [2.24, 2.45) is 5.92 Å². The summed E-state index contributed by atoms with van der Waals surface area (Å²) in [5, 5.41) is 11.6. The number of nitrogens with zero attached hydrogens (tertiary/aromatic N) is 3. The molecule has 5 heteroatoms. The summed E-state index contributed by atoms with van der Waals surface area (Å²) in [7, 11) is 3.67. The van der Waals surface area contributed by atoms with Crippen LogP contribution in [0.1, 0.15) is 25.6 Å². The highest BCUT2D eigenvalue weighted by Gasteiger charge is 2.28. The number of hydrogen-bond acceptors (Lipinski definition) is 4. The molecule has 108 valence electrons. The molecule has 0 saturated carbocycles. The van der Waals surface area contributed by atoms with Gasteiger partial charge in [0, 0.05) is 7.11 Å². The average molecular weight is 274 g/mol. The van der Waals surface area contributed by atoms with Crippen LogP contribution in [-0.4, -0.2) is 35.3 Å². The number of likely N-dealkylation sites (N-methyl/N-ethyl adjacent to an activating group) is 1. The molecule has 5 nitrogen and oxygen atoms in total. The lowest BCUT2D eigenvalue weighted by Crippen LogP contribution is -2.36. The molecule has 2 unspecified atom stereocenters. The van der Waals surface area contributed by atoms with Gasteiger partial charge in [0.2, 0.25) is 0 Å². The van der Waals surface area contributed by atoms with Gasteiger partial charge >= 0.3 is 0 Å². The SMILES string of the molecule is CNC(c1cnnn1-c1ccccc1)C(OC)C(C)C. The Balaban J connectivity index is 2.39. The van der Waals surface area contributed by atoms with E-state index in [1.165, 1.54) is 0 Å². The van der Waals surface area contributed by atoms with Crippen molar-refractivity contribution in [3.05, 3.63) is 42.2 Å². The van der Waals surface area contributed by atoms with Crippen LogP contribution in [-0.2, 0) is 4.74 Å². The van der Waals surface area contributed by atoms with Gasteiger partial charge < -0.3 is 10.1 Å². The fourth-order valence-corrected chi connectivity index (χ4v) is 2.50. The molecule has 0 fully saturated rings. The van der Waals surface area contributed by atoms with E-state index in [0.717, 1.165) is 11.4 Å². The number of para-hydroxylation sites is 1. The standard InChI is InChI=1S/C15H22N4O/c1-11(2)15(20-4)14(16-3)13-10-17-18-19(13)12-8-6-5-7-9-12/h5-11,14-16H,1-4H3. The van der Waals surface area contributed by atoms with Crippen molar-refractivity contribution in [2.45, 2.75) is 26.0 Å². The van der Waals surface area contributed by atoms with Crippen LogP contribution in [0.15, 0.2) is 36.5 Å². The summed E-state index contributed by atoms with van der Waals surface area (Å²) in [6, 6.07) is 10.0. The Morgan fingerprint density at radius 1 is 1.20 bits per heavy atom. The van der Waals surface area contributed by atoms with E-state index >= 15 is 0 Å². The van der Waals surface area contributed by atoms with Crippen LogP contribution >= 0.6 is 0 Å². The molecule has 0 saturated heterocycles. The van der Waals surface area contributed by atoms with Crippen molar-refractivity contribution in [3.63, 3.8) is 0 Å². The van der Waals surface area contributed by atoms with Gasteiger partial charge in [-0.2, -0.15) is 0 Å². The van der Waals surface area contributed by atoms with Crippen LogP contribution in [0.3, 0.4) is 0 Å². The van der Waals surface area contributed by atoms with Gasteiger partial charge in [-0.3, -0.25) is 0 Å². The van der Waals surface area contributed by atoms with E-state index in [-0.39, 0.29) is 12.1 Å². The van der Waals surface area contributed by atoms with Crippen LogP contribution in [0, 0.1) is 5.92 Å². The normalized spacial score (nSPS) is 14.4. The Hall–Kier alpha value is -1.72. The monoisotopic (exact) mass is 274 g/mol.